The summed E-state index contributed by atoms with van der Waals surface area (Å²) in [6.45, 7) is 3.84. The van der Waals surface area contributed by atoms with Crippen LogP contribution in [0.2, 0.25) is 0 Å². The Balaban J connectivity index is 2.02. The first-order chi connectivity index (χ1) is 8.78. The van der Waals surface area contributed by atoms with Gasteiger partial charge >= 0.3 is 0 Å². The van der Waals surface area contributed by atoms with Crippen LogP contribution in [-0.2, 0) is 6.54 Å². The molecule has 4 heteroatoms. The summed E-state index contributed by atoms with van der Waals surface area (Å²) < 4.78 is 13.0. The SMILES string of the molecule is CCNCc1ccc(Sc2cccc(F)c2)nc1. The zero-order valence-corrected chi connectivity index (χ0v) is 11.0. The molecule has 0 amide bonds. The highest BCUT2D eigenvalue weighted by atomic mass is 32.2. The van der Waals surface area contributed by atoms with Crippen LogP contribution in [0, 0.1) is 5.82 Å². The molecule has 0 aliphatic heterocycles. The van der Waals surface area contributed by atoms with Crippen LogP contribution in [0.3, 0.4) is 0 Å². The van der Waals surface area contributed by atoms with Gasteiger partial charge in [-0.2, -0.15) is 0 Å². The van der Waals surface area contributed by atoms with Crippen molar-refractivity contribution in [2.75, 3.05) is 6.54 Å². The minimum Gasteiger partial charge on any atom is -0.313 e. The summed E-state index contributed by atoms with van der Waals surface area (Å²) in [5, 5.41) is 4.12. The summed E-state index contributed by atoms with van der Waals surface area (Å²) in [6, 6.07) is 10.5. The number of rotatable bonds is 5. The maximum absolute atomic E-state index is 13.0. The quantitative estimate of drug-likeness (QED) is 0.893. The van der Waals surface area contributed by atoms with E-state index in [0.717, 1.165) is 28.6 Å². The van der Waals surface area contributed by atoms with E-state index in [1.165, 1.54) is 23.9 Å². The van der Waals surface area contributed by atoms with Crippen molar-refractivity contribution in [1.82, 2.24) is 10.3 Å². The first kappa shape index (κ1) is 13.1. The van der Waals surface area contributed by atoms with E-state index in [2.05, 4.69) is 17.2 Å². The van der Waals surface area contributed by atoms with E-state index in [4.69, 9.17) is 0 Å². The van der Waals surface area contributed by atoms with Crippen LogP contribution in [0.4, 0.5) is 4.39 Å². The summed E-state index contributed by atoms with van der Waals surface area (Å²) in [5.74, 6) is -0.219. The van der Waals surface area contributed by atoms with Gasteiger partial charge in [-0.05, 0) is 36.4 Å². The Kier molecular flexibility index (Phi) is 4.73. The number of hydrogen-bond donors (Lipinski definition) is 1. The van der Waals surface area contributed by atoms with Gasteiger partial charge in [0.1, 0.15) is 10.8 Å². The van der Waals surface area contributed by atoms with Gasteiger partial charge in [-0.1, -0.05) is 30.8 Å². The fraction of sp³-hybridized carbons (Fsp3) is 0.214. The van der Waals surface area contributed by atoms with Gasteiger partial charge in [-0.3, -0.25) is 0 Å². The third-order valence-electron chi connectivity index (χ3n) is 2.40. The molecule has 0 bridgehead atoms. The van der Waals surface area contributed by atoms with Gasteiger partial charge in [0.15, 0.2) is 0 Å². The van der Waals surface area contributed by atoms with E-state index in [1.807, 2.05) is 24.4 Å². The zero-order valence-electron chi connectivity index (χ0n) is 10.2. The molecule has 0 saturated carbocycles. The molecular formula is C14H15FN2S. The second-order valence-corrected chi connectivity index (χ2v) is 4.94. The maximum Gasteiger partial charge on any atom is 0.124 e. The van der Waals surface area contributed by atoms with Crippen molar-refractivity contribution in [2.45, 2.75) is 23.4 Å². The molecule has 0 aliphatic rings. The van der Waals surface area contributed by atoms with Gasteiger partial charge in [-0.15, -0.1) is 0 Å². The van der Waals surface area contributed by atoms with Crippen molar-refractivity contribution in [3.63, 3.8) is 0 Å². The van der Waals surface area contributed by atoms with Crippen LogP contribution >= 0.6 is 11.8 Å². The molecule has 1 aromatic heterocycles. The third kappa shape index (κ3) is 3.82. The average molecular weight is 262 g/mol. The Labute approximate surface area is 111 Å². The van der Waals surface area contributed by atoms with Gasteiger partial charge in [0.2, 0.25) is 0 Å². The number of nitrogens with one attached hydrogen (secondary N) is 1. The Morgan fingerprint density at radius 3 is 2.83 bits per heavy atom. The molecule has 1 aromatic carbocycles. The molecular weight excluding hydrogens is 247 g/mol. The Morgan fingerprint density at radius 1 is 1.28 bits per heavy atom. The van der Waals surface area contributed by atoms with Crippen LogP contribution in [0.1, 0.15) is 12.5 Å². The molecule has 2 rings (SSSR count). The summed E-state index contributed by atoms with van der Waals surface area (Å²) >= 11 is 1.46. The maximum atomic E-state index is 13.0. The predicted octanol–water partition coefficient (Wildman–Crippen LogP) is 3.48. The van der Waals surface area contributed by atoms with Gasteiger partial charge in [-0.25, -0.2) is 9.37 Å². The largest absolute Gasteiger partial charge is 0.313 e. The molecule has 1 heterocycles. The molecule has 0 aliphatic carbocycles. The van der Waals surface area contributed by atoms with E-state index in [9.17, 15) is 4.39 Å². The zero-order chi connectivity index (χ0) is 12.8. The van der Waals surface area contributed by atoms with Crippen LogP contribution in [0.5, 0.6) is 0 Å². The highest BCUT2D eigenvalue weighted by Gasteiger charge is 2.00. The lowest BCUT2D eigenvalue weighted by molar-refractivity contribution is 0.624. The van der Waals surface area contributed by atoms with E-state index >= 15 is 0 Å². The van der Waals surface area contributed by atoms with Crippen molar-refractivity contribution in [1.29, 1.82) is 0 Å². The summed E-state index contributed by atoms with van der Waals surface area (Å²) in [7, 11) is 0. The standard InChI is InChI=1S/C14H15FN2S/c1-2-16-9-11-6-7-14(17-10-11)18-13-5-3-4-12(15)8-13/h3-8,10,16H,2,9H2,1H3. The number of benzene rings is 1. The van der Waals surface area contributed by atoms with E-state index in [-0.39, 0.29) is 5.82 Å². The van der Waals surface area contributed by atoms with Crippen LogP contribution in [0.15, 0.2) is 52.5 Å². The van der Waals surface area contributed by atoms with Crippen molar-refractivity contribution in [3.05, 3.63) is 54.0 Å². The van der Waals surface area contributed by atoms with E-state index in [0.29, 0.717) is 0 Å². The first-order valence-electron chi connectivity index (χ1n) is 5.87. The number of halogens is 1. The normalized spacial score (nSPS) is 10.6. The van der Waals surface area contributed by atoms with Gasteiger partial charge < -0.3 is 5.32 Å². The molecule has 1 N–H and O–H groups in total. The fourth-order valence-corrected chi connectivity index (χ4v) is 2.30. The predicted molar refractivity (Wildman–Crippen MR) is 72.1 cm³/mol. The van der Waals surface area contributed by atoms with E-state index < -0.39 is 0 Å². The Bertz CT molecular complexity index is 499. The lowest BCUT2D eigenvalue weighted by Crippen LogP contribution is -2.11. The van der Waals surface area contributed by atoms with Gasteiger partial charge in [0.25, 0.3) is 0 Å². The highest BCUT2D eigenvalue weighted by Crippen LogP contribution is 2.26. The minimum atomic E-state index is -0.219. The van der Waals surface area contributed by atoms with Gasteiger partial charge in [0, 0.05) is 17.6 Å². The third-order valence-corrected chi connectivity index (χ3v) is 3.34. The summed E-state index contributed by atoms with van der Waals surface area (Å²) in [5.41, 5.74) is 1.15. The topological polar surface area (TPSA) is 24.9 Å². The van der Waals surface area contributed by atoms with E-state index in [1.54, 1.807) is 6.07 Å². The first-order valence-corrected chi connectivity index (χ1v) is 6.68. The second kappa shape index (κ2) is 6.52. The molecule has 0 unspecified atom stereocenters. The van der Waals surface area contributed by atoms with Gasteiger partial charge in [0.05, 0.1) is 0 Å². The molecule has 0 spiro atoms. The van der Waals surface area contributed by atoms with Crippen molar-refractivity contribution >= 4 is 11.8 Å². The van der Waals surface area contributed by atoms with Crippen LogP contribution < -0.4 is 5.32 Å². The molecule has 0 atom stereocenters. The lowest BCUT2D eigenvalue weighted by atomic mass is 10.3. The molecule has 0 radical (unpaired) electrons. The van der Waals surface area contributed by atoms with Crippen LogP contribution in [-0.4, -0.2) is 11.5 Å². The molecule has 2 aromatic rings. The van der Waals surface area contributed by atoms with Crippen molar-refractivity contribution < 1.29 is 4.39 Å². The number of pyridine rings is 1. The summed E-state index contributed by atoms with van der Waals surface area (Å²) in [4.78, 5) is 5.22. The molecule has 2 nitrogen and oxygen atoms in total. The average Bonchev–Trinajstić information content (AvgIpc) is 2.38. The lowest BCUT2D eigenvalue weighted by Gasteiger charge is -2.04. The Morgan fingerprint density at radius 2 is 2.17 bits per heavy atom. The molecule has 0 saturated heterocycles. The second-order valence-electron chi connectivity index (χ2n) is 3.84. The smallest absolute Gasteiger partial charge is 0.124 e. The summed E-state index contributed by atoms with van der Waals surface area (Å²) in [6.07, 6.45) is 1.85. The molecule has 18 heavy (non-hydrogen) atoms. The monoisotopic (exact) mass is 262 g/mol. The van der Waals surface area contributed by atoms with Crippen LogP contribution in [0.25, 0.3) is 0 Å². The highest BCUT2D eigenvalue weighted by molar-refractivity contribution is 7.99. The number of aromatic nitrogens is 1. The van der Waals surface area contributed by atoms with Crippen molar-refractivity contribution in [2.24, 2.45) is 0 Å². The van der Waals surface area contributed by atoms with Crippen molar-refractivity contribution in [3.8, 4) is 0 Å². The minimum absolute atomic E-state index is 0.219. The molecule has 94 valence electrons. The Hall–Kier alpha value is -1.39. The number of hydrogen-bond acceptors (Lipinski definition) is 3. The fourth-order valence-electron chi connectivity index (χ4n) is 1.50. The molecule has 0 fully saturated rings. The number of nitrogens with zero attached hydrogens (tertiary/aromatic N) is 1.